The van der Waals surface area contributed by atoms with Crippen LogP contribution in [0.3, 0.4) is 0 Å². The molecule has 3 amide bonds. The van der Waals surface area contributed by atoms with Gasteiger partial charge >= 0.3 is 43.8 Å². The molecule has 0 spiro atoms. The number of hydrogen-bond acceptors (Lipinski definition) is 20. The molecule has 3 fully saturated rings. The Morgan fingerprint density at radius 3 is 1.38 bits per heavy atom. The lowest BCUT2D eigenvalue weighted by molar-refractivity contribution is -0.141. The summed E-state index contributed by atoms with van der Waals surface area (Å²) >= 11 is 3.38. The molecule has 4 aromatic rings. The number of carbonyl (C=O) groups excluding carboxylic acids is 7. The van der Waals surface area contributed by atoms with E-state index in [1.807, 2.05) is 98.7 Å². The molecule has 4 aromatic carbocycles. The molecule has 0 N–H and O–H groups in total. The van der Waals surface area contributed by atoms with E-state index in [-0.39, 0.29) is 48.1 Å². The van der Waals surface area contributed by atoms with Gasteiger partial charge in [-0.05, 0) is 219 Å². The van der Waals surface area contributed by atoms with Crippen molar-refractivity contribution in [2.75, 3.05) is 107 Å². The molecule has 1 atom stereocenters. The van der Waals surface area contributed by atoms with Crippen molar-refractivity contribution >= 4 is 71.1 Å². The maximum absolute atomic E-state index is 12.6. The molecule has 572 valence electrons. The van der Waals surface area contributed by atoms with Gasteiger partial charge in [0.05, 0.1) is 54.2 Å². The van der Waals surface area contributed by atoms with Crippen molar-refractivity contribution in [1.82, 2.24) is 14.7 Å². The summed E-state index contributed by atoms with van der Waals surface area (Å²) in [5.74, 6) is 4.08. The number of hydrogen-bond donors (Lipinski definition) is 0. The number of amides is 3. The fourth-order valence-corrected chi connectivity index (χ4v) is 14.1. The van der Waals surface area contributed by atoms with E-state index in [0.29, 0.717) is 83.1 Å². The molecule has 7 aliphatic rings. The first-order valence-electron chi connectivity index (χ1n) is 36.0. The van der Waals surface area contributed by atoms with Gasteiger partial charge in [-0.1, -0.05) is 46.3 Å². The average molecular weight is 1530 g/mol. The highest BCUT2D eigenvalue weighted by molar-refractivity contribution is 9.10. The summed E-state index contributed by atoms with van der Waals surface area (Å²) in [6.45, 7) is 23.9. The number of fused-ring (bicyclic) bond motifs is 4. The van der Waals surface area contributed by atoms with Crippen LogP contribution < -0.4 is 18.9 Å². The molecular weight excluding hydrogens is 1420 g/mol. The first-order chi connectivity index (χ1) is 49.2. The third kappa shape index (κ3) is 27.0. The summed E-state index contributed by atoms with van der Waals surface area (Å²) in [4.78, 5) is 89.1. The van der Waals surface area contributed by atoms with Crippen LogP contribution in [0.5, 0.6) is 23.0 Å². The minimum Gasteiger partial charge on any atom is -0.493 e. The molecule has 0 aromatic heterocycles. The van der Waals surface area contributed by atoms with Gasteiger partial charge in [-0.3, -0.25) is 18.9 Å². The average Bonchev–Trinajstić information content (AvgIpc) is 0.917. The van der Waals surface area contributed by atoms with Crippen molar-refractivity contribution in [3.63, 3.8) is 0 Å². The number of esters is 3. The number of rotatable bonds is 16. The number of likely N-dealkylation sites (tertiary alicyclic amines) is 3. The summed E-state index contributed by atoms with van der Waals surface area (Å²) in [5, 5.41) is 0. The van der Waals surface area contributed by atoms with Crippen LogP contribution >= 0.6 is 23.5 Å². The van der Waals surface area contributed by atoms with Crippen LogP contribution in [0.4, 0.5) is 14.4 Å². The van der Waals surface area contributed by atoms with Gasteiger partial charge in [0.25, 0.3) is 0 Å². The van der Waals surface area contributed by atoms with Crippen LogP contribution in [0.25, 0.3) is 5.57 Å². The lowest BCUT2D eigenvalue weighted by atomic mass is 9.82. The second kappa shape index (κ2) is 39.1. The van der Waals surface area contributed by atoms with Crippen molar-refractivity contribution in [3.05, 3.63) is 122 Å². The molecule has 0 radical (unpaired) electrons. The zero-order valence-electron chi connectivity index (χ0n) is 63.3. The highest BCUT2D eigenvalue weighted by Crippen LogP contribution is 2.46. The van der Waals surface area contributed by atoms with Crippen molar-refractivity contribution in [2.45, 2.75) is 175 Å². The Morgan fingerprint density at radius 2 is 0.913 bits per heavy atom. The molecule has 0 aliphatic carbocycles. The lowest BCUT2D eigenvalue weighted by Gasteiger charge is -2.34. The number of ketones is 1. The van der Waals surface area contributed by atoms with Gasteiger partial charge in [-0.15, -0.1) is 0 Å². The van der Waals surface area contributed by atoms with Gasteiger partial charge in [0.2, 0.25) is 0 Å². The zero-order valence-corrected chi connectivity index (χ0v) is 65.8. The number of allylic oxidation sites excluding steroid dienone is 1. The second-order valence-corrected chi connectivity index (χ2v) is 33.0. The van der Waals surface area contributed by atoms with Gasteiger partial charge in [-0.25, -0.2) is 19.2 Å². The molecule has 104 heavy (non-hydrogen) atoms. The monoisotopic (exact) mass is 1530 g/mol. The van der Waals surface area contributed by atoms with Crippen LogP contribution in [-0.4, -0.2) is 181 Å². The second-order valence-electron chi connectivity index (χ2n) is 29.8. The topological polar surface area (TPSA) is 257 Å². The summed E-state index contributed by atoms with van der Waals surface area (Å²) in [6.07, 6.45) is 12.1. The van der Waals surface area contributed by atoms with E-state index in [0.717, 1.165) is 146 Å². The Balaban J connectivity index is 0.000000192. The van der Waals surface area contributed by atoms with Crippen LogP contribution in [-0.2, 0) is 82.1 Å². The Bertz CT molecular complexity index is 3640. The van der Waals surface area contributed by atoms with Gasteiger partial charge in [-0.2, -0.15) is 0 Å². The van der Waals surface area contributed by atoms with Crippen molar-refractivity contribution in [3.8, 4) is 23.0 Å². The standard InChI is InChI=1S/C23H33NO5.C23H31NO5.C20H27NO4.C8H7BrO.C5H11O5P/c2*1-23(2,3)29-22(26)24-10-7-16(8-11-24)13-19(15-21(25)27-4)18-6-5-17-9-12-28-20(17)14-18;1-20(2,3)25-19(23)21-9-6-14(7-10-21)12-17(22)15-4-5-18-16(13-15)8-11-24-18;9-7-2-1-6-3-4-10-8(6)5-7;1-8-5(6)4-11(7,9-2)10-3/h5-6,14,16,19H,7-13,15H2,1-4H3;5-6,14-16H,7-13H2,1-4H3;4-5,13-14H,6-12H2,1-3H3;1-2,5H,3-4H2;4H2,1-3H3. The van der Waals surface area contributed by atoms with Crippen molar-refractivity contribution in [1.29, 1.82) is 0 Å². The SMILES string of the molecule is Brc1ccc2c(c1)OCC2.CC(C)(C)OC(=O)N1CCC(CC(=O)c2ccc3c(c2)CCO3)CC1.COC(=O)C=C(CC1CCN(C(=O)OC(C)(C)C)CC1)c1ccc2c(c1)OCC2.COC(=O)CC(CC1CCN(C(=O)OC(C)(C)C)CC1)c1ccc2c(c1)OCC2.COC(=O)CP(=O)(OC)OC. The van der Waals surface area contributed by atoms with E-state index in [1.165, 1.54) is 52.2 Å². The third-order valence-electron chi connectivity index (χ3n) is 18.6. The van der Waals surface area contributed by atoms with Crippen LogP contribution in [0.2, 0.25) is 0 Å². The molecule has 3 saturated heterocycles. The quantitative estimate of drug-likeness (QED) is 0.0332. The molecule has 0 bridgehead atoms. The number of ether oxygens (including phenoxy) is 10. The van der Waals surface area contributed by atoms with E-state index in [4.69, 9.17) is 42.6 Å². The predicted octanol–water partition coefficient (Wildman–Crippen LogP) is 15.4. The van der Waals surface area contributed by atoms with E-state index >= 15 is 0 Å². The Morgan fingerprint density at radius 1 is 0.490 bits per heavy atom. The molecule has 7 heterocycles. The highest BCUT2D eigenvalue weighted by Gasteiger charge is 2.33. The third-order valence-corrected chi connectivity index (χ3v) is 20.8. The number of methoxy groups -OCH3 is 3. The molecule has 23 nitrogen and oxygen atoms in total. The maximum Gasteiger partial charge on any atom is 0.410 e. The van der Waals surface area contributed by atoms with Crippen LogP contribution in [0, 0.1) is 17.8 Å². The molecular formula is C79H109BrN3O20P. The first kappa shape index (κ1) is 83.6. The highest BCUT2D eigenvalue weighted by atomic mass is 79.9. The number of Topliss-reactive ketones (excluding diaryl/α,β-unsaturated/α-hetero) is 1. The number of nitrogens with zero attached hydrogens (tertiary/aromatic N) is 3. The largest absolute Gasteiger partial charge is 0.493 e. The van der Waals surface area contributed by atoms with E-state index < -0.39 is 30.4 Å². The number of piperidine rings is 3. The summed E-state index contributed by atoms with van der Waals surface area (Å²) in [7, 11) is 3.23. The Hall–Kier alpha value is -7.66. The lowest BCUT2D eigenvalue weighted by Crippen LogP contribution is -2.42. The Kier molecular flexibility index (Phi) is 31.4. The van der Waals surface area contributed by atoms with E-state index in [1.54, 1.807) is 20.8 Å². The smallest absolute Gasteiger partial charge is 0.410 e. The minimum atomic E-state index is -3.23. The van der Waals surface area contributed by atoms with Crippen molar-refractivity contribution in [2.24, 2.45) is 17.8 Å². The number of benzene rings is 4. The molecule has 11 rings (SSSR count). The molecule has 7 aliphatic heterocycles. The van der Waals surface area contributed by atoms with Gasteiger partial charge in [0, 0.05) is 102 Å². The van der Waals surface area contributed by atoms with Gasteiger partial charge < -0.3 is 71.1 Å². The maximum atomic E-state index is 12.6. The van der Waals surface area contributed by atoms with Crippen molar-refractivity contribution < 1.29 is 94.5 Å². The number of halogens is 1. The first-order valence-corrected chi connectivity index (χ1v) is 38.6. The molecule has 25 heteroatoms. The van der Waals surface area contributed by atoms with Gasteiger partial charge in [0.1, 0.15) is 46.0 Å². The Labute approximate surface area is 622 Å². The summed E-state index contributed by atoms with van der Waals surface area (Å²) in [5.41, 5.74) is 7.30. The molecule has 1 unspecified atom stereocenters. The predicted molar refractivity (Wildman–Crippen MR) is 398 cm³/mol. The van der Waals surface area contributed by atoms with Crippen LogP contribution in [0.1, 0.15) is 176 Å². The number of carbonyl (C=O) groups is 7. The van der Waals surface area contributed by atoms with Crippen LogP contribution in [0.15, 0.2) is 83.3 Å². The van der Waals surface area contributed by atoms with Gasteiger partial charge in [0.15, 0.2) is 5.78 Å². The minimum absolute atomic E-state index is 0.0926. The zero-order chi connectivity index (χ0) is 75.9. The normalized spacial score (nSPS) is 16.8. The molecule has 0 saturated carbocycles. The summed E-state index contributed by atoms with van der Waals surface area (Å²) < 4.78 is 73.9. The fraction of sp³-hybridized carbons (Fsp3) is 0.582. The van der Waals surface area contributed by atoms with E-state index in [2.05, 4.69) is 66.1 Å². The fourth-order valence-electron chi connectivity index (χ4n) is 12.9. The summed E-state index contributed by atoms with van der Waals surface area (Å²) in [6, 6.07) is 24.4. The van der Waals surface area contributed by atoms with E-state index in [9.17, 15) is 38.1 Å².